The molecule has 0 aliphatic rings. The number of nitrogens with zero attached hydrogens (tertiary/aromatic N) is 2. The molecule has 0 aliphatic carbocycles. The summed E-state index contributed by atoms with van der Waals surface area (Å²) in [6.45, 7) is 6.12. The molecular formula is C13H17N3O2S2. The van der Waals surface area contributed by atoms with E-state index in [1.165, 1.54) is 23.6 Å². The number of thiazole rings is 1. The summed E-state index contributed by atoms with van der Waals surface area (Å²) in [5, 5.41) is 2.37. The zero-order valence-corrected chi connectivity index (χ0v) is 13.3. The predicted molar refractivity (Wildman–Crippen MR) is 80.4 cm³/mol. The molecule has 5 nitrogen and oxygen atoms in total. The standard InChI is InChI=1S/C13H17N3O2S2/c1-13(2,3)10-7-19-11(16-10)8-20(17,18)12-9(14)5-4-6-15-12/h4-7H,8,14H2,1-3H3. The molecule has 20 heavy (non-hydrogen) atoms. The molecule has 0 saturated carbocycles. The lowest BCUT2D eigenvalue weighted by molar-refractivity contribution is 0.570. The second-order valence-corrected chi connectivity index (χ2v) is 8.38. The van der Waals surface area contributed by atoms with Gasteiger partial charge in [0.1, 0.15) is 10.8 Å². The molecule has 0 unspecified atom stereocenters. The molecule has 0 saturated heterocycles. The van der Waals surface area contributed by atoms with E-state index in [4.69, 9.17) is 5.73 Å². The largest absolute Gasteiger partial charge is 0.396 e. The molecule has 0 aromatic carbocycles. The van der Waals surface area contributed by atoms with Crippen LogP contribution in [0.2, 0.25) is 0 Å². The molecular weight excluding hydrogens is 294 g/mol. The van der Waals surface area contributed by atoms with Crippen LogP contribution in [-0.4, -0.2) is 18.4 Å². The van der Waals surface area contributed by atoms with Gasteiger partial charge in [-0.05, 0) is 12.1 Å². The molecule has 2 aromatic heterocycles. The minimum Gasteiger partial charge on any atom is -0.396 e. The molecule has 0 radical (unpaired) electrons. The summed E-state index contributed by atoms with van der Waals surface area (Å²) in [6.07, 6.45) is 1.42. The number of sulfone groups is 1. The molecule has 108 valence electrons. The number of nitrogens with two attached hydrogens (primary N) is 1. The van der Waals surface area contributed by atoms with Gasteiger partial charge in [-0.15, -0.1) is 11.3 Å². The lowest BCUT2D eigenvalue weighted by Crippen LogP contribution is -2.13. The van der Waals surface area contributed by atoms with Crippen molar-refractivity contribution in [2.24, 2.45) is 0 Å². The second-order valence-electron chi connectivity index (χ2n) is 5.53. The number of hydrogen-bond acceptors (Lipinski definition) is 6. The van der Waals surface area contributed by atoms with E-state index in [9.17, 15) is 8.42 Å². The zero-order chi connectivity index (χ0) is 15.0. The fourth-order valence-electron chi connectivity index (χ4n) is 1.62. The van der Waals surface area contributed by atoms with Gasteiger partial charge in [0.25, 0.3) is 0 Å². The van der Waals surface area contributed by atoms with Gasteiger partial charge in [-0.25, -0.2) is 18.4 Å². The lowest BCUT2D eigenvalue weighted by Gasteiger charge is -2.14. The molecule has 2 N–H and O–H groups in total. The minimum atomic E-state index is -3.56. The Morgan fingerprint density at radius 3 is 2.60 bits per heavy atom. The summed E-state index contributed by atoms with van der Waals surface area (Å²) in [5.74, 6) is -0.172. The van der Waals surface area contributed by atoms with Gasteiger partial charge >= 0.3 is 0 Å². The topological polar surface area (TPSA) is 85.9 Å². The molecule has 0 spiro atoms. The van der Waals surface area contributed by atoms with E-state index < -0.39 is 9.84 Å². The van der Waals surface area contributed by atoms with Gasteiger partial charge in [0.2, 0.25) is 9.84 Å². The highest BCUT2D eigenvalue weighted by Gasteiger charge is 2.23. The first kappa shape index (κ1) is 14.9. The van der Waals surface area contributed by atoms with Gasteiger partial charge < -0.3 is 5.73 Å². The van der Waals surface area contributed by atoms with E-state index in [0.29, 0.717) is 5.01 Å². The fourth-order valence-corrected chi connectivity index (χ4v) is 4.33. The molecule has 2 heterocycles. The van der Waals surface area contributed by atoms with Crippen LogP contribution in [0.5, 0.6) is 0 Å². The Kier molecular flexibility index (Phi) is 3.84. The maximum absolute atomic E-state index is 12.3. The smallest absolute Gasteiger partial charge is 0.204 e. The van der Waals surface area contributed by atoms with Gasteiger partial charge in [0.15, 0.2) is 5.03 Å². The normalized spacial score (nSPS) is 12.6. The van der Waals surface area contributed by atoms with Gasteiger partial charge in [-0.1, -0.05) is 20.8 Å². The summed E-state index contributed by atoms with van der Waals surface area (Å²) in [5.41, 5.74) is 6.64. The molecule has 7 heteroatoms. The van der Waals surface area contributed by atoms with Crippen LogP contribution >= 0.6 is 11.3 Å². The number of anilines is 1. The number of rotatable bonds is 3. The van der Waals surface area contributed by atoms with Crippen molar-refractivity contribution in [1.82, 2.24) is 9.97 Å². The van der Waals surface area contributed by atoms with Gasteiger partial charge in [-0.2, -0.15) is 0 Å². The van der Waals surface area contributed by atoms with Crippen LogP contribution < -0.4 is 5.73 Å². The van der Waals surface area contributed by atoms with E-state index in [2.05, 4.69) is 9.97 Å². The van der Waals surface area contributed by atoms with E-state index in [1.807, 2.05) is 26.2 Å². The fraction of sp³-hybridized carbons (Fsp3) is 0.385. The van der Waals surface area contributed by atoms with Crippen LogP contribution in [0.4, 0.5) is 5.69 Å². The highest BCUT2D eigenvalue weighted by atomic mass is 32.2. The Hall–Kier alpha value is -1.47. The first-order valence-electron chi connectivity index (χ1n) is 6.08. The first-order valence-corrected chi connectivity index (χ1v) is 8.61. The Balaban J connectivity index is 2.30. The van der Waals surface area contributed by atoms with Crippen molar-refractivity contribution in [3.8, 4) is 0 Å². The van der Waals surface area contributed by atoms with Crippen molar-refractivity contribution in [3.63, 3.8) is 0 Å². The lowest BCUT2D eigenvalue weighted by atomic mass is 9.93. The molecule has 0 amide bonds. The molecule has 0 atom stereocenters. The van der Waals surface area contributed by atoms with Crippen LogP contribution in [-0.2, 0) is 21.0 Å². The quantitative estimate of drug-likeness (QED) is 0.940. The van der Waals surface area contributed by atoms with Crippen LogP contribution in [0.1, 0.15) is 31.5 Å². The third kappa shape index (κ3) is 3.16. The van der Waals surface area contributed by atoms with E-state index in [0.717, 1.165) is 5.69 Å². The van der Waals surface area contributed by atoms with E-state index in [-0.39, 0.29) is 21.9 Å². The van der Waals surface area contributed by atoms with E-state index >= 15 is 0 Å². The third-order valence-corrected chi connectivity index (χ3v) is 5.34. The number of pyridine rings is 1. The molecule has 2 aromatic rings. The summed E-state index contributed by atoms with van der Waals surface area (Å²) >= 11 is 1.34. The number of nitrogen functional groups attached to an aromatic ring is 1. The highest BCUT2D eigenvalue weighted by molar-refractivity contribution is 7.90. The third-order valence-electron chi connectivity index (χ3n) is 2.73. The summed E-state index contributed by atoms with van der Waals surface area (Å²) in [6, 6.07) is 3.14. The second kappa shape index (κ2) is 5.14. The summed E-state index contributed by atoms with van der Waals surface area (Å²) in [7, 11) is -3.56. The van der Waals surface area contributed by atoms with Crippen molar-refractivity contribution in [1.29, 1.82) is 0 Å². The molecule has 0 aliphatic heterocycles. The first-order chi connectivity index (χ1) is 9.20. The molecule has 2 rings (SSSR count). The number of aromatic nitrogens is 2. The van der Waals surface area contributed by atoms with E-state index in [1.54, 1.807) is 6.07 Å². The Morgan fingerprint density at radius 2 is 2.05 bits per heavy atom. The summed E-state index contributed by atoms with van der Waals surface area (Å²) < 4.78 is 24.6. The molecule has 0 fully saturated rings. The Morgan fingerprint density at radius 1 is 1.35 bits per heavy atom. The Bertz CT molecular complexity index is 715. The predicted octanol–water partition coefficient (Wildman–Crippen LogP) is 2.39. The van der Waals surface area contributed by atoms with Gasteiger partial charge in [-0.3, -0.25) is 0 Å². The van der Waals surface area contributed by atoms with Crippen LogP contribution in [0.25, 0.3) is 0 Å². The van der Waals surface area contributed by atoms with Crippen molar-refractivity contribution in [2.45, 2.75) is 37.0 Å². The number of hydrogen-bond donors (Lipinski definition) is 1. The SMILES string of the molecule is CC(C)(C)c1csc(CS(=O)(=O)c2ncccc2N)n1. The Labute approximate surface area is 122 Å². The maximum Gasteiger partial charge on any atom is 0.204 e. The van der Waals surface area contributed by atoms with Gasteiger partial charge in [0.05, 0.1) is 11.4 Å². The monoisotopic (exact) mass is 311 g/mol. The highest BCUT2D eigenvalue weighted by Crippen LogP contribution is 2.26. The minimum absolute atomic E-state index is 0.0764. The van der Waals surface area contributed by atoms with Crippen LogP contribution in [0.15, 0.2) is 28.7 Å². The van der Waals surface area contributed by atoms with Crippen molar-refractivity contribution < 1.29 is 8.42 Å². The zero-order valence-electron chi connectivity index (χ0n) is 11.6. The maximum atomic E-state index is 12.3. The van der Waals surface area contributed by atoms with Crippen molar-refractivity contribution >= 4 is 26.9 Å². The average Bonchev–Trinajstić information content (AvgIpc) is 2.76. The van der Waals surface area contributed by atoms with Crippen molar-refractivity contribution in [2.75, 3.05) is 5.73 Å². The molecule has 0 bridgehead atoms. The average molecular weight is 311 g/mol. The van der Waals surface area contributed by atoms with Gasteiger partial charge in [0, 0.05) is 17.0 Å². The summed E-state index contributed by atoms with van der Waals surface area (Å²) in [4.78, 5) is 8.26. The van der Waals surface area contributed by atoms with Crippen molar-refractivity contribution in [3.05, 3.63) is 34.4 Å². The van der Waals surface area contributed by atoms with Crippen LogP contribution in [0.3, 0.4) is 0 Å². The van der Waals surface area contributed by atoms with Crippen LogP contribution in [0, 0.1) is 0 Å².